The lowest BCUT2D eigenvalue weighted by Gasteiger charge is -2.34. The summed E-state index contributed by atoms with van der Waals surface area (Å²) in [6, 6.07) is 9.38. The predicted octanol–water partition coefficient (Wildman–Crippen LogP) is 4.54. The summed E-state index contributed by atoms with van der Waals surface area (Å²) in [5.74, 6) is 7.34. The molecule has 118 valence electrons. The Bertz CT molecular complexity index is 416. The summed E-state index contributed by atoms with van der Waals surface area (Å²) in [6.45, 7) is 4.60. The zero-order valence-corrected chi connectivity index (χ0v) is 13.8. The second-order valence-corrected chi connectivity index (χ2v) is 6.62. The summed E-state index contributed by atoms with van der Waals surface area (Å²) in [5.41, 5.74) is 6.23. The van der Waals surface area contributed by atoms with E-state index in [0.717, 1.165) is 5.92 Å². The minimum atomic E-state index is 0.424. The Morgan fingerprint density at radius 1 is 1.29 bits per heavy atom. The van der Waals surface area contributed by atoms with Gasteiger partial charge in [0, 0.05) is 12.0 Å². The highest BCUT2D eigenvalue weighted by atomic mass is 15.2. The molecule has 0 spiro atoms. The summed E-state index contributed by atoms with van der Waals surface area (Å²) in [5, 5.41) is 0. The van der Waals surface area contributed by atoms with Crippen LogP contribution in [0.4, 0.5) is 0 Å². The van der Waals surface area contributed by atoms with Crippen LogP contribution < -0.4 is 11.3 Å². The van der Waals surface area contributed by atoms with Gasteiger partial charge in [-0.1, -0.05) is 63.8 Å². The van der Waals surface area contributed by atoms with Crippen molar-refractivity contribution in [1.82, 2.24) is 5.43 Å². The molecule has 2 heteroatoms. The van der Waals surface area contributed by atoms with Gasteiger partial charge in [-0.15, -0.1) is 0 Å². The molecule has 0 saturated carbocycles. The number of benzene rings is 1. The number of aryl methyl sites for hydroxylation is 1. The Morgan fingerprint density at radius 3 is 2.81 bits per heavy atom. The van der Waals surface area contributed by atoms with Crippen molar-refractivity contribution in [2.45, 2.75) is 77.2 Å². The monoisotopic (exact) mass is 288 g/mol. The van der Waals surface area contributed by atoms with Gasteiger partial charge in [-0.25, -0.2) is 0 Å². The fourth-order valence-corrected chi connectivity index (χ4v) is 3.90. The maximum atomic E-state index is 5.94. The van der Waals surface area contributed by atoms with Gasteiger partial charge in [-0.05, 0) is 42.7 Å². The molecule has 1 aliphatic rings. The van der Waals surface area contributed by atoms with Gasteiger partial charge in [-0.2, -0.15) is 0 Å². The summed E-state index contributed by atoms with van der Waals surface area (Å²) in [4.78, 5) is 0. The Morgan fingerprint density at radius 2 is 2.10 bits per heavy atom. The zero-order valence-electron chi connectivity index (χ0n) is 13.8. The SMILES string of the molecule is CCCCC(CC)CC(NN)C1CCCc2ccccc21. The minimum absolute atomic E-state index is 0.424. The molecule has 3 unspecified atom stereocenters. The Balaban J connectivity index is 2.07. The van der Waals surface area contributed by atoms with Gasteiger partial charge in [0.2, 0.25) is 0 Å². The van der Waals surface area contributed by atoms with Crippen molar-refractivity contribution in [3.63, 3.8) is 0 Å². The topological polar surface area (TPSA) is 38.0 Å². The van der Waals surface area contributed by atoms with Gasteiger partial charge in [0.25, 0.3) is 0 Å². The van der Waals surface area contributed by atoms with Crippen LogP contribution in [0.2, 0.25) is 0 Å². The molecule has 0 aromatic heterocycles. The average Bonchev–Trinajstić information content (AvgIpc) is 2.55. The molecule has 1 aromatic carbocycles. The van der Waals surface area contributed by atoms with Crippen molar-refractivity contribution in [3.05, 3.63) is 35.4 Å². The lowest BCUT2D eigenvalue weighted by molar-refractivity contribution is 0.303. The van der Waals surface area contributed by atoms with Crippen LogP contribution in [0, 0.1) is 5.92 Å². The lowest BCUT2D eigenvalue weighted by Crippen LogP contribution is -2.42. The van der Waals surface area contributed by atoms with Crippen molar-refractivity contribution >= 4 is 0 Å². The third-order valence-corrected chi connectivity index (χ3v) is 5.25. The van der Waals surface area contributed by atoms with E-state index < -0.39 is 0 Å². The van der Waals surface area contributed by atoms with Crippen molar-refractivity contribution < 1.29 is 0 Å². The highest BCUT2D eigenvalue weighted by Gasteiger charge is 2.28. The number of hydrogen-bond donors (Lipinski definition) is 2. The molecule has 0 bridgehead atoms. The van der Waals surface area contributed by atoms with Crippen LogP contribution in [0.25, 0.3) is 0 Å². The first-order chi connectivity index (χ1) is 10.3. The number of unbranched alkanes of at least 4 members (excludes halogenated alkanes) is 1. The number of nitrogens with two attached hydrogens (primary N) is 1. The number of nitrogens with one attached hydrogen (secondary N) is 1. The van der Waals surface area contributed by atoms with Gasteiger partial charge in [0.05, 0.1) is 0 Å². The quantitative estimate of drug-likeness (QED) is 0.544. The molecule has 1 aliphatic carbocycles. The first-order valence-electron chi connectivity index (χ1n) is 8.84. The predicted molar refractivity (Wildman–Crippen MR) is 91.2 cm³/mol. The van der Waals surface area contributed by atoms with Gasteiger partial charge in [0.1, 0.15) is 0 Å². The van der Waals surface area contributed by atoms with Gasteiger partial charge in [-0.3, -0.25) is 11.3 Å². The fraction of sp³-hybridized carbons (Fsp3) is 0.684. The molecule has 0 amide bonds. The van der Waals surface area contributed by atoms with E-state index in [4.69, 9.17) is 5.84 Å². The smallest absolute Gasteiger partial charge is 0.0281 e. The maximum Gasteiger partial charge on any atom is 0.0281 e. The van der Waals surface area contributed by atoms with Crippen molar-refractivity contribution in [3.8, 4) is 0 Å². The first kappa shape index (κ1) is 16.5. The molecular weight excluding hydrogens is 256 g/mol. The van der Waals surface area contributed by atoms with Crippen LogP contribution in [-0.4, -0.2) is 6.04 Å². The number of rotatable bonds is 8. The maximum absolute atomic E-state index is 5.94. The normalized spacial score (nSPS) is 20.8. The van der Waals surface area contributed by atoms with E-state index in [1.807, 2.05) is 0 Å². The minimum Gasteiger partial charge on any atom is -0.271 e. The average molecular weight is 288 g/mol. The van der Waals surface area contributed by atoms with Gasteiger partial charge >= 0.3 is 0 Å². The molecule has 0 heterocycles. The zero-order chi connectivity index (χ0) is 15.1. The third kappa shape index (κ3) is 4.31. The number of fused-ring (bicyclic) bond motifs is 1. The number of hydrazine groups is 1. The van der Waals surface area contributed by atoms with Gasteiger partial charge < -0.3 is 0 Å². The van der Waals surface area contributed by atoms with Crippen LogP contribution in [0.15, 0.2) is 24.3 Å². The molecule has 1 aromatic rings. The molecule has 2 nitrogen and oxygen atoms in total. The van der Waals surface area contributed by atoms with Crippen molar-refractivity contribution in [2.24, 2.45) is 11.8 Å². The standard InChI is InChI=1S/C19H32N2/c1-3-5-9-15(4-2)14-19(21-20)18-13-8-11-16-10-6-7-12-17(16)18/h6-7,10,12,15,18-19,21H,3-5,8-9,11,13-14,20H2,1-2H3. The molecule has 2 rings (SSSR count). The van der Waals surface area contributed by atoms with E-state index in [1.54, 1.807) is 0 Å². The molecule has 0 aliphatic heterocycles. The van der Waals surface area contributed by atoms with E-state index in [-0.39, 0.29) is 0 Å². The molecule has 0 saturated heterocycles. The molecular formula is C19H32N2. The summed E-state index contributed by atoms with van der Waals surface area (Å²) in [7, 11) is 0. The molecule has 3 atom stereocenters. The van der Waals surface area contributed by atoms with Crippen LogP contribution in [0.3, 0.4) is 0 Å². The molecule has 0 fully saturated rings. The van der Waals surface area contributed by atoms with E-state index in [2.05, 4.69) is 43.5 Å². The van der Waals surface area contributed by atoms with Crippen LogP contribution in [0.1, 0.15) is 75.8 Å². The van der Waals surface area contributed by atoms with E-state index in [0.29, 0.717) is 12.0 Å². The Labute approximate surface area is 130 Å². The Hall–Kier alpha value is -0.860. The number of hydrogen-bond acceptors (Lipinski definition) is 2. The van der Waals surface area contributed by atoms with Crippen LogP contribution in [-0.2, 0) is 6.42 Å². The van der Waals surface area contributed by atoms with E-state index in [1.165, 1.54) is 62.5 Å². The summed E-state index contributed by atoms with van der Waals surface area (Å²) in [6.07, 6.45) is 10.3. The largest absolute Gasteiger partial charge is 0.271 e. The second kappa shape index (κ2) is 8.55. The second-order valence-electron chi connectivity index (χ2n) is 6.62. The molecule has 21 heavy (non-hydrogen) atoms. The summed E-state index contributed by atoms with van der Waals surface area (Å²) < 4.78 is 0. The highest BCUT2D eigenvalue weighted by Crippen LogP contribution is 2.36. The lowest BCUT2D eigenvalue weighted by atomic mass is 9.76. The third-order valence-electron chi connectivity index (χ3n) is 5.25. The fourth-order valence-electron chi connectivity index (χ4n) is 3.90. The van der Waals surface area contributed by atoms with Crippen LogP contribution >= 0.6 is 0 Å². The molecule has 0 radical (unpaired) electrons. The highest BCUT2D eigenvalue weighted by molar-refractivity contribution is 5.33. The van der Waals surface area contributed by atoms with Crippen LogP contribution in [0.5, 0.6) is 0 Å². The summed E-state index contributed by atoms with van der Waals surface area (Å²) >= 11 is 0. The molecule has 3 N–H and O–H groups in total. The Kier molecular flexibility index (Phi) is 6.72. The van der Waals surface area contributed by atoms with E-state index >= 15 is 0 Å². The van der Waals surface area contributed by atoms with Gasteiger partial charge in [0.15, 0.2) is 0 Å². The van der Waals surface area contributed by atoms with E-state index in [9.17, 15) is 0 Å². The first-order valence-corrected chi connectivity index (χ1v) is 8.84. The van der Waals surface area contributed by atoms with Crippen molar-refractivity contribution in [1.29, 1.82) is 0 Å². The van der Waals surface area contributed by atoms with Crippen molar-refractivity contribution in [2.75, 3.05) is 0 Å².